The molecule has 0 heterocycles. The molecule has 0 spiro atoms. The average molecular weight is 233 g/mol. The summed E-state index contributed by atoms with van der Waals surface area (Å²) in [5.41, 5.74) is 0. The third-order valence-corrected chi connectivity index (χ3v) is 2.60. The molecule has 0 fully saturated rings. The molecule has 0 amide bonds. The monoisotopic (exact) mass is 233 g/mol. The highest BCUT2D eigenvalue weighted by Crippen LogP contribution is 2.06. The molecular formula is C12H27NO3. The summed E-state index contributed by atoms with van der Waals surface area (Å²) < 4.78 is 15.4. The number of rotatable bonds is 12. The van der Waals surface area contributed by atoms with Gasteiger partial charge in [0, 0.05) is 27.4 Å². The molecule has 0 aromatic rings. The van der Waals surface area contributed by atoms with Gasteiger partial charge in [-0.15, -0.1) is 0 Å². The zero-order chi connectivity index (χ0) is 12.1. The van der Waals surface area contributed by atoms with Crippen molar-refractivity contribution in [1.29, 1.82) is 0 Å². The minimum absolute atomic E-state index is 0.683. The Morgan fingerprint density at radius 3 is 2.38 bits per heavy atom. The quantitative estimate of drug-likeness (QED) is 0.516. The molecule has 16 heavy (non-hydrogen) atoms. The van der Waals surface area contributed by atoms with Crippen molar-refractivity contribution in [2.45, 2.75) is 19.8 Å². The van der Waals surface area contributed by atoms with Gasteiger partial charge in [-0.3, -0.25) is 0 Å². The topological polar surface area (TPSA) is 39.7 Å². The van der Waals surface area contributed by atoms with Crippen LogP contribution in [0.3, 0.4) is 0 Å². The maximum absolute atomic E-state index is 5.46. The van der Waals surface area contributed by atoms with E-state index in [1.165, 1.54) is 6.42 Å². The van der Waals surface area contributed by atoms with E-state index in [-0.39, 0.29) is 0 Å². The summed E-state index contributed by atoms with van der Waals surface area (Å²) in [5.74, 6) is 0.694. The average Bonchev–Trinajstić information content (AvgIpc) is 2.31. The predicted molar refractivity (Wildman–Crippen MR) is 65.8 cm³/mol. The summed E-state index contributed by atoms with van der Waals surface area (Å²) in [6.07, 6.45) is 2.30. The Bertz CT molecular complexity index is 133. The molecule has 1 unspecified atom stereocenters. The van der Waals surface area contributed by atoms with Gasteiger partial charge in [0.05, 0.1) is 19.8 Å². The van der Waals surface area contributed by atoms with E-state index in [4.69, 9.17) is 14.2 Å². The number of ether oxygens (including phenoxy) is 3. The van der Waals surface area contributed by atoms with Crippen molar-refractivity contribution in [2.75, 3.05) is 53.7 Å². The van der Waals surface area contributed by atoms with Crippen LogP contribution >= 0.6 is 0 Å². The lowest BCUT2D eigenvalue weighted by atomic mass is 10.0. The van der Waals surface area contributed by atoms with Crippen molar-refractivity contribution in [1.82, 2.24) is 5.32 Å². The Morgan fingerprint density at radius 1 is 1.00 bits per heavy atom. The number of hydrogen-bond acceptors (Lipinski definition) is 4. The molecule has 4 heteroatoms. The van der Waals surface area contributed by atoms with Gasteiger partial charge in [0.15, 0.2) is 0 Å². The summed E-state index contributed by atoms with van der Waals surface area (Å²) in [6.45, 7) is 7.18. The Labute approximate surface area is 99.6 Å². The first-order chi connectivity index (χ1) is 7.85. The zero-order valence-corrected chi connectivity index (χ0v) is 11.0. The van der Waals surface area contributed by atoms with Gasteiger partial charge in [-0.25, -0.2) is 0 Å². The third-order valence-electron chi connectivity index (χ3n) is 2.60. The smallest absolute Gasteiger partial charge is 0.0700 e. The summed E-state index contributed by atoms with van der Waals surface area (Å²) in [4.78, 5) is 0. The van der Waals surface area contributed by atoms with E-state index in [1.54, 1.807) is 14.2 Å². The molecule has 4 nitrogen and oxygen atoms in total. The first-order valence-corrected chi connectivity index (χ1v) is 6.11. The lowest BCUT2D eigenvalue weighted by Gasteiger charge is -2.15. The molecule has 0 aromatic heterocycles. The minimum Gasteiger partial charge on any atom is -0.383 e. The van der Waals surface area contributed by atoms with Crippen LogP contribution in [0.1, 0.15) is 19.8 Å². The van der Waals surface area contributed by atoms with Crippen LogP contribution in [0, 0.1) is 5.92 Å². The van der Waals surface area contributed by atoms with Crippen LogP contribution in [0.2, 0.25) is 0 Å². The highest BCUT2D eigenvalue weighted by atomic mass is 16.5. The standard InChI is InChI=1S/C12H27NO3/c1-4-12(11-13-6-8-14-2)5-7-16-10-9-15-3/h12-13H,4-11H2,1-3H3. The first kappa shape index (κ1) is 15.8. The van der Waals surface area contributed by atoms with E-state index in [9.17, 15) is 0 Å². The molecule has 0 aromatic carbocycles. The van der Waals surface area contributed by atoms with Crippen LogP contribution in [0.4, 0.5) is 0 Å². The van der Waals surface area contributed by atoms with E-state index in [0.717, 1.165) is 32.7 Å². The van der Waals surface area contributed by atoms with Gasteiger partial charge in [0.1, 0.15) is 0 Å². The van der Waals surface area contributed by atoms with Crippen LogP contribution in [0.25, 0.3) is 0 Å². The largest absolute Gasteiger partial charge is 0.383 e. The highest BCUT2D eigenvalue weighted by molar-refractivity contribution is 4.60. The van der Waals surface area contributed by atoms with Crippen LogP contribution in [-0.4, -0.2) is 53.7 Å². The van der Waals surface area contributed by atoms with Crippen molar-refractivity contribution in [3.8, 4) is 0 Å². The van der Waals surface area contributed by atoms with Crippen molar-refractivity contribution in [3.05, 3.63) is 0 Å². The molecule has 1 atom stereocenters. The summed E-state index contributed by atoms with van der Waals surface area (Å²) in [5, 5.41) is 3.38. The van der Waals surface area contributed by atoms with Gasteiger partial charge in [-0.2, -0.15) is 0 Å². The maximum atomic E-state index is 5.46. The Morgan fingerprint density at radius 2 is 1.75 bits per heavy atom. The van der Waals surface area contributed by atoms with Gasteiger partial charge in [-0.1, -0.05) is 13.3 Å². The lowest BCUT2D eigenvalue weighted by Crippen LogP contribution is -2.26. The van der Waals surface area contributed by atoms with Crippen LogP contribution in [0.15, 0.2) is 0 Å². The van der Waals surface area contributed by atoms with Gasteiger partial charge < -0.3 is 19.5 Å². The van der Waals surface area contributed by atoms with Crippen LogP contribution < -0.4 is 5.32 Å². The van der Waals surface area contributed by atoms with E-state index in [0.29, 0.717) is 19.1 Å². The fourth-order valence-electron chi connectivity index (χ4n) is 1.43. The first-order valence-electron chi connectivity index (χ1n) is 6.11. The Hall–Kier alpha value is -0.160. The van der Waals surface area contributed by atoms with Crippen molar-refractivity contribution < 1.29 is 14.2 Å². The number of hydrogen-bond donors (Lipinski definition) is 1. The van der Waals surface area contributed by atoms with Gasteiger partial charge in [0.2, 0.25) is 0 Å². The summed E-state index contributed by atoms with van der Waals surface area (Å²) >= 11 is 0. The fourth-order valence-corrected chi connectivity index (χ4v) is 1.43. The molecule has 0 aliphatic rings. The molecule has 1 N–H and O–H groups in total. The summed E-state index contributed by atoms with van der Waals surface area (Å²) in [6, 6.07) is 0. The molecule has 0 saturated carbocycles. The Kier molecular flexibility index (Phi) is 12.8. The van der Waals surface area contributed by atoms with Crippen LogP contribution in [-0.2, 0) is 14.2 Å². The molecule has 98 valence electrons. The molecule has 0 bridgehead atoms. The zero-order valence-electron chi connectivity index (χ0n) is 11.0. The van der Waals surface area contributed by atoms with Crippen molar-refractivity contribution in [3.63, 3.8) is 0 Å². The van der Waals surface area contributed by atoms with Crippen molar-refractivity contribution in [2.24, 2.45) is 5.92 Å². The lowest BCUT2D eigenvalue weighted by molar-refractivity contribution is 0.0632. The maximum Gasteiger partial charge on any atom is 0.0700 e. The van der Waals surface area contributed by atoms with Crippen LogP contribution in [0.5, 0.6) is 0 Å². The van der Waals surface area contributed by atoms with E-state index < -0.39 is 0 Å². The number of methoxy groups -OCH3 is 2. The minimum atomic E-state index is 0.683. The molecule has 0 aliphatic carbocycles. The molecular weight excluding hydrogens is 206 g/mol. The molecule has 0 rings (SSSR count). The Balaban J connectivity index is 3.29. The SMILES string of the molecule is CCC(CCOCCOC)CNCCOC. The van der Waals surface area contributed by atoms with Crippen molar-refractivity contribution >= 4 is 0 Å². The van der Waals surface area contributed by atoms with Gasteiger partial charge in [-0.05, 0) is 18.9 Å². The van der Waals surface area contributed by atoms with E-state index in [1.807, 2.05) is 0 Å². The molecule has 0 saturated heterocycles. The predicted octanol–water partition coefficient (Wildman–Crippen LogP) is 1.30. The second-order valence-corrected chi connectivity index (χ2v) is 3.87. The van der Waals surface area contributed by atoms with Gasteiger partial charge in [0.25, 0.3) is 0 Å². The van der Waals surface area contributed by atoms with E-state index in [2.05, 4.69) is 12.2 Å². The fraction of sp³-hybridized carbons (Fsp3) is 1.00. The molecule has 0 aliphatic heterocycles. The normalized spacial score (nSPS) is 12.9. The second-order valence-electron chi connectivity index (χ2n) is 3.87. The van der Waals surface area contributed by atoms with E-state index >= 15 is 0 Å². The number of nitrogens with one attached hydrogen (secondary N) is 1. The third kappa shape index (κ3) is 10.4. The van der Waals surface area contributed by atoms with Gasteiger partial charge >= 0.3 is 0 Å². The second kappa shape index (κ2) is 12.9. The highest BCUT2D eigenvalue weighted by Gasteiger charge is 2.05. The molecule has 0 radical (unpaired) electrons. The summed E-state index contributed by atoms with van der Waals surface area (Å²) in [7, 11) is 3.42.